The predicted octanol–water partition coefficient (Wildman–Crippen LogP) is 3.16. The highest BCUT2D eigenvalue weighted by atomic mass is 19.1. The Hall–Kier alpha value is -2.20. The average molecular weight is 255 g/mol. The molecule has 0 fully saturated rings. The van der Waals surface area contributed by atoms with Gasteiger partial charge in [0.15, 0.2) is 0 Å². The highest BCUT2D eigenvalue weighted by molar-refractivity contribution is 5.67. The van der Waals surface area contributed by atoms with Crippen LogP contribution in [0.3, 0.4) is 0 Å². The highest BCUT2D eigenvalue weighted by Gasteiger charge is 2.16. The zero-order chi connectivity index (χ0) is 13.4. The first-order valence-electron chi connectivity index (χ1n) is 6.15. The standard InChI is InChI=1S/C15H14FN3/c1-10(17)14-15(11-5-3-2-4-6-11)19-9-12(16)7-8-13(19)18-14/h2-10H,17H2,1H3. The molecule has 0 spiro atoms. The molecule has 3 aromatic rings. The van der Waals surface area contributed by atoms with Crippen LogP contribution in [-0.4, -0.2) is 9.38 Å². The molecule has 2 aromatic heterocycles. The van der Waals surface area contributed by atoms with Crippen LogP contribution >= 0.6 is 0 Å². The van der Waals surface area contributed by atoms with Crippen molar-refractivity contribution in [3.05, 3.63) is 60.2 Å². The summed E-state index contributed by atoms with van der Waals surface area (Å²) in [6.07, 6.45) is 1.44. The van der Waals surface area contributed by atoms with Gasteiger partial charge in [-0.1, -0.05) is 30.3 Å². The van der Waals surface area contributed by atoms with Gasteiger partial charge in [-0.25, -0.2) is 9.37 Å². The van der Waals surface area contributed by atoms with E-state index in [0.717, 1.165) is 17.0 Å². The van der Waals surface area contributed by atoms with E-state index in [1.54, 1.807) is 10.5 Å². The van der Waals surface area contributed by atoms with E-state index < -0.39 is 0 Å². The van der Waals surface area contributed by atoms with Gasteiger partial charge in [0.1, 0.15) is 11.5 Å². The third-order valence-corrected chi connectivity index (χ3v) is 3.09. The number of halogens is 1. The molecule has 4 heteroatoms. The molecule has 0 aliphatic heterocycles. The van der Waals surface area contributed by atoms with Crippen LogP contribution in [0.4, 0.5) is 4.39 Å². The largest absolute Gasteiger partial charge is 0.323 e. The second kappa shape index (κ2) is 4.48. The summed E-state index contributed by atoms with van der Waals surface area (Å²) in [6, 6.07) is 12.6. The van der Waals surface area contributed by atoms with E-state index in [4.69, 9.17) is 5.73 Å². The Morgan fingerprint density at radius 3 is 2.58 bits per heavy atom. The van der Waals surface area contributed by atoms with Crippen LogP contribution in [-0.2, 0) is 0 Å². The van der Waals surface area contributed by atoms with Crippen molar-refractivity contribution in [3.63, 3.8) is 0 Å². The SMILES string of the molecule is CC(N)c1nc2ccc(F)cn2c1-c1ccccc1. The van der Waals surface area contributed by atoms with Crippen molar-refractivity contribution in [1.29, 1.82) is 0 Å². The molecule has 0 amide bonds. The minimum Gasteiger partial charge on any atom is -0.323 e. The Morgan fingerprint density at radius 2 is 1.89 bits per heavy atom. The Balaban J connectivity index is 2.36. The number of hydrogen-bond acceptors (Lipinski definition) is 2. The summed E-state index contributed by atoms with van der Waals surface area (Å²) in [5, 5.41) is 0. The minimum atomic E-state index is -0.293. The molecule has 96 valence electrons. The van der Waals surface area contributed by atoms with Gasteiger partial charge in [-0.2, -0.15) is 0 Å². The molecule has 0 aliphatic rings. The monoisotopic (exact) mass is 255 g/mol. The zero-order valence-electron chi connectivity index (χ0n) is 10.5. The van der Waals surface area contributed by atoms with Gasteiger partial charge in [-0.05, 0) is 19.1 Å². The first-order valence-corrected chi connectivity index (χ1v) is 6.15. The van der Waals surface area contributed by atoms with Crippen LogP contribution in [0.25, 0.3) is 16.9 Å². The second-order valence-corrected chi connectivity index (χ2v) is 4.58. The van der Waals surface area contributed by atoms with Gasteiger partial charge in [-0.3, -0.25) is 4.40 Å². The molecule has 1 atom stereocenters. The molecule has 0 bridgehead atoms. The number of nitrogens with two attached hydrogens (primary N) is 1. The topological polar surface area (TPSA) is 43.3 Å². The lowest BCUT2D eigenvalue weighted by Gasteiger charge is -2.07. The van der Waals surface area contributed by atoms with Gasteiger partial charge in [-0.15, -0.1) is 0 Å². The lowest BCUT2D eigenvalue weighted by atomic mass is 10.1. The number of benzene rings is 1. The third kappa shape index (κ3) is 2.00. The summed E-state index contributed by atoms with van der Waals surface area (Å²) in [5.74, 6) is -0.293. The molecule has 0 aliphatic carbocycles. The van der Waals surface area contributed by atoms with Crippen LogP contribution in [0.1, 0.15) is 18.7 Å². The number of aromatic nitrogens is 2. The summed E-state index contributed by atoms with van der Waals surface area (Å²) in [7, 11) is 0. The zero-order valence-corrected chi connectivity index (χ0v) is 10.5. The Kier molecular flexibility index (Phi) is 2.80. The number of nitrogens with zero attached hydrogens (tertiary/aromatic N) is 2. The molecule has 0 saturated carbocycles. The van der Waals surface area contributed by atoms with E-state index in [1.807, 2.05) is 37.3 Å². The van der Waals surface area contributed by atoms with E-state index in [-0.39, 0.29) is 11.9 Å². The number of pyridine rings is 1. The Bertz CT molecular complexity index is 717. The summed E-state index contributed by atoms with van der Waals surface area (Å²) < 4.78 is 15.2. The molecule has 0 saturated heterocycles. The number of imidazole rings is 1. The first kappa shape index (κ1) is 11.9. The van der Waals surface area contributed by atoms with Gasteiger partial charge < -0.3 is 5.73 Å². The van der Waals surface area contributed by atoms with Crippen molar-refractivity contribution in [2.75, 3.05) is 0 Å². The molecule has 19 heavy (non-hydrogen) atoms. The number of hydrogen-bond donors (Lipinski definition) is 1. The molecule has 2 heterocycles. The maximum atomic E-state index is 13.5. The van der Waals surface area contributed by atoms with Crippen molar-refractivity contribution >= 4 is 5.65 Å². The molecule has 2 N–H and O–H groups in total. The van der Waals surface area contributed by atoms with Crippen LogP contribution in [0, 0.1) is 5.82 Å². The van der Waals surface area contributed by atoms with Gasteiger partial charge in [0.25, 0.3) is 0 Å². The lowest BCUT2D eigenvalue weighted by molar-refractivity contribution is 0.619. The van der Waals surface area contributed by atoms with E-state index in [1.165, 1.54) is 12.3 Å². The third-order valence-electron chi connectivity index (χ3n) is 3.09. The number of rotatable bonds is 2. The molecule has 0 radical (unpaired) electrons. The van der Waals surface area contributed by atoms with Gasteiger partial charge in [0, 0.05) is 17.8 Å². The Morgan fingerprint density at radius 1 is 1.16 bits per heavy atom. The van der Waals surface area contributed by atoms with Crippen molar-refractivity contribution in [2.45, 2.75) is 13.0 Å². The van der Waals surface area contributed by atoms with Crippen molar-refractivity contribution < 1.29 is 4.39 Å². The van der Waals surface area contributed by atoms with Crippen molar-refractivity contribution in [3.8, 4) is 11.3 Å². The summed E-state index contributed by atoms with van der Waals surface area (Å²) >= 11 is 0. The van der Waals surface area contributed by atoms with Gasteiger partial charge >= 0.3 is 0 Å². The molecule has 3 nitrogen and oxygen atoms in total. The fraction of sp³-hybridized carbons (Fsp3) is 0.133. The summed E-state index contributed by atoms with van der Waals surface area (Å²) in [4.78, 5) is 4.50. The minimum absolute atomic E-state index is 0.210. The number of fused-ring (bicyclic) bond motifs is 1. The van der Waals surface area contributed by atoms with E-state index in [0.29, 0.717) is 5.65 Å². The van der Waals surface area contributed by atoms with Gasteiger partial charge in [0.05, 0.1) is 11.4 Å². The molecule has 3 rings (SSSR count). The lowest BCUT2D eigenvalue weighted by Crippen LogP contribution is -2.07. The summed E-state index contributed by atoms with van der Waals surface area (Å²) in [6.45, 7) is 1.88. The van der Waals surface area contributed by atoms with E-state index in [9.17, 15) is 4.39 Å². The van der Waals surface area contributed by atoms with Crippen LogP contribution < -0.4 is 5.73 Å². The highest BCUT2D eigenvalue weighted by Crippen LogP contribution is 2.28. The maximum absolute atomic E-state index is 13.5. The molecule has 1 unspecified atom stereocenters. The maximum Gasteiger partial charge on any atom is 0.139 e. The van der Waals surface area contributed by atoms with Crippen molar-refractivity contribution in [1.82, 2.24) is 9.38 Å². The fourth-order valence-electron chi connectivity index (χ4n) is 2.24. The fourth-order valence-corrected chi connectivity index (χ4v) is 2.24. The van der Waals surface area contributed by atoms with Crippen LogP contribution in [0.2, 0.25) is 0 Å². The smallest absolute Gasteiger partial charge is 0.139 e. The average Bonchev–Trinajstić information content (AvgIpc) is 2.78. The van der Waals surface area contributed by atoms with Crippen LogP contribution in [0.15, 0.2) is 48.7 Å². The molecule has 1 aromatic carbocycles. The van der Waals surface area contributed by atoms with Gasteiger partial charge in [0.2, 0.25) is 0 Å². The van der Waals surface area contributed by atoms with Crippen LogP contribution in [0.5, 0.6) is 0 Å². The summed E-state index contributed by atoms with van der Waals surface area (Å²) in [5.41, 5.74) is 9.29. The Labute approximate surface area is 110 Å². The van der Waals surface area contributed by atoms with Crippen molar-refractivity contribution in [2.24, 2.45) is 5.73 Å². The van der Waals surface area contributed by atoms with E-state index >= 15 is 0 Å². The second-order valence-electron chi connectivity index (χ2n) is 4.58. The molecular formula is C15H14FN3. The van der Waals surface area contributed by atoms with E-state index in [2.05, 4.69) is 4.98 Å². The first-order chi connectivity index (χ1) is 9.16. The normalized spacial score (nSPS) is 12.8. The predicted molar refractivity (Wildman–Crippen MR) is 73.2 cm³/mol. The molecular weight excluding hydrogens is 241 g/mol. The quantitative estimate of drug-likeness (QED) is 0.764.